The third-order valence-corrected chi connectivity index (χ3v) is 6.84. The van der Waals surface area contributed by atoms with E-state index in [-0.39, 0.29) is 11.8 Å². The van der Waals surface area contributed by atoms with Crippen molar-refractivity contribution in [1.29, 1.82) is 0 Å². The predicted octanol–water partition coefficient (Wildman–Crippen LogP) is 6.16. The molecule has 0 bridgehead atoms. The quantitative estimate of drug-likeness (QED) is 0.222. The van der Waals surface area contributed by atoms with Crippen LogP contribution in [-0.2, 0) is 17.8 Å². The summed E-state index contributed by atoms with van der Waals surface area (Å²) in [5.74, 6) is 0.231. The van der Waals surface area contributed by atoms with Gasteiger partial charge < -0.3 is 17.2 Å². The number of benzene rings is 2. The number of fused-ring (bicyclic) bond motifs is 1. The van der Waals surface area contributed by atoms with E-state index in [1.165, 1.54) is 73.3 Å². The number of rotatable bonds is 19. The number of carbonyl (C=O) groups is 1. The average molecular weight is 454 g/mol. The molecule has 0 heterocycles. The van der Waals surface area contributed by atoms with Crippen LogP contribution in [0.2, 0.25) is 0 Å². The Labute approximate surface area is 201 Å². The summed E-state index contributed by atoms with van der Waals surface area (Å²) in [6.45, 7) is 1.30. The number of Topliss-reactive ketones (excluding diaryl/α,β-unsaturated/α-hetero) is 1. The van der Waals surface area contributed by atoms with E-state index in [0.29, 0.717) is 19.5 Å². The molecule has 33 heavy (non-hydrogen) atoms. The van der Waals surface area contributed by atoms with Gasteiger partial charge in [-0.3, -0.25) is 4.79 Å². The number of hydrogen-bond acceptors (Lipinski definition) is 4. The molecule has 2 rings (SSSR count). The van der Waals surface area contributed by atoms with Gasteiger partial charge in [-0.15, -0.1) is 0 Å². The number of ketones is 1. The van der Waals surface area contributed by atoms with Crippen LogP contribution in [-0.4, -0.2) is 18.4 Å². The summed E-state index contributed by atoms with van der Waals surface area (Å²) in [7, 11) is 0. The van der Waals surface area contributed by atoms with Crippen molar-refractivity contribution in [2.75, 3.05) is 6.54 Å². The van der Waals surface area contributed by atoms with Crippen molar-refractivity contribution in [3.63, 3.8) is 0 Å². The van der Waals surface area contributed by atoms with Crippen molar-refractivity contribution in [2.24, 2.45) is 17.2 Å². The van der Waals surface area contributed by atoms with Crippen LogP contribution >= 0.6 is 0 Å². The lowest BCUT2D eigenvalue weighted by Gasteiger charge is -2.11. The molecule has 0 spiro atoms. The highest BCUT2D eigenvalue weighted by Gasteiger charge is 2.12. The lowest BCUT2D eigenvalue weighted by atomic mass is 9.95. The fourth-order valence-electron chi connectivity index (χ4n) is 4.74. The van der Waals surface area contributed by atoms with Crippen LogP contribution in [0.25, 0.3) is 10.8 Å². The van der Waals surface area contributed by atoms with Crippen molar-refractivity contribution in [3.05, 3.63) is 47.5 Å². The van der Waals surface area contributed by atoms with E-state index in [9.17, 15) is 4.79 Å². The molecule has 4 nitrogen and oxygen atoms in total. The summed E-state index contributed by atoms with van der Waals surface area (Å²) in [5.41, 5.74) is 20.3. The highest BCUT2D eigenvalue weighted by molar-refractivity contribution is 5.86. The van der Waals surface area contributed by atoms with Gasteiger partial charge in [-0.05, 0) is 60.5 Å². The Morgan fingerprint density at radius 2 is 1.36 bits per heavy atom. The standard InChI is InChI=1S/C29H47N3O/c30-22-14-13-18-28(32)29(33)19-10-8-6-4-2-1-3-5-7-9-15-25-21-20-24-16-11-12-17-26(24)27(25)23-31/h11-12,16-17,20-21,28H,1-10,13-15,18-19,22-23,30-32H2/t28-/m0/s1. The SMILES string of the molecule is NCCCC[C@H](N)C(=O)CCCCCCCCCCCCc1ccc2ccccc2c1CN. The van der Waals surface area contributed by atoms with Crippen LogP contribution in [0.4, 0.5) is 0 Å². The minimum absolute atomic E-state index is 0.231. The molecule has 0 saturated carbocycles. The third-order valence-electron chi connectivity index (χ3n) is 6.84. The van der Waals surface area contributed by atoms with Crippen LogP contribution in [0.1, 0.15) is 101 Å². The van der Waals surface area contributed by atoms with E-state index >= 15 is 0 Å². The molecule has 1 atom stereocenters. The van der Waals surface area contributed by atoms with Gasteiger partial charge in [0.2, 0.25) is 0 Å². The highest BCUT2D eigenvalue weighted by atomic mass is 16.1. The van der Waals surface area contributed by atoms with Crippen molar-refractivity contribution >= 4 is 16.6 Å². The maximum Gasteiger partial charge on any atom is 0.149 e. The number of carbonyl (C=O) groups excluding carboxylic acids is 1. The van der Waals surface area contributed by atoms with Gasteiger partial charge in [0.1, 0.15) is 5.78 Å². The molecule has 0 aliphatic carbocycles. The Morgan fingerprint density at radius 1 is 0.727 bits per heavy atom. The molecular formula is C29H47N3O. The second-order valence-corrected chi connectivity index (χ2v) is 9.52. The fourth-order valence-corrected chi connectivity index (χ4v) is 4.74. The molecule has 0 unspecified atom stereocenters. The second-order valence-electron chi connectivity index (χ2n) is 9.52. The number of hydrogen-bond donors (Lipinski definition) is 3. The van der Waals surface area contributed by atoms with Crippen LogP contribution in [0, 0.1) is 0 Å². The molecule has 0 fully saturated rings. The number of nitrogens with two attached hydrogens (primary N) is 3. The van der Waals surface area contributed by atoms with E-state index in [1.807, 2.05) is 0 Å². The Balaban J connectivity index is 1.46. The van der Waals surface area contributed by atoms with Gasteiger partial charge >= 0.3 is 0 Å². The Kier molecular flexibility index (Phi) is 14.0. The Bertz CT molecular complexity index is 805. The lowest BCUT2D eigenvalue weighted by molar-refractivity contribution is -0.120. The van der Waals surface area contributed by atoms with E-state index < -0.39 is 0 Å². The molecule has 0 amide bonds. The van der Waals surface area contributed by atoms with E-state index in [4.69, 9.17) is 17.2 Å². The first-order valence-electron chi connectivity index (χ1n) is 13.3. The third kappa shape index (κ3) is 10.4. The Morgan fingerprint density at radius 3 is 2.03 bits per heavy atom. The van der Waals surface area contributed by atoms with Gasteiger partial charge in [0.15, 0.2) is 0 Å². The summed E-state index contributed by atoms with van der Waals surface area (Å²) >= 11 is 0. The van der Waals surface area contributed by atoms with Crippen molar-refractivity contribution in [2.45, 2.75) is 109 Å². The summed E-state index contributed by atoms with van der Waals surface area (Å²) in [4.78, 5) is 12.0. The first-order chi connectivity index (χ1) is 16.2. The van der Waals surface area contributed by atoms with E-state index in [2.05, 4.69) is 36.4 Å². The van der Waals surface area contributed by atoms with Crippen LogP contribution < -0.4 is 17.2 Å². The topological polar surface area (TPSA) is 95.1 Å². The minimum atomic E-state index is -0.278. The minimum Gasteiger partial charge on any atom is -0.330 e. The second kappa shape index (κ2) is 16.8. The maximum atomic E-state index is 12.0. The first-order valence-corrected chi connectivity index (χ1v) is 13.3. The molecular weight excluding hydrogens is 406 g/mol. The zero-order valence-corrected chi connectivity index (χ0v) is 20.7. The summed E-state index contributed by atoms with van der Waals surface area (Å²) < 4.78 is 0. The van der Waals surface area contributed by atoms with E-state index in [0.717, 1.165) is 38.5 Å². The number of unbranched alkanes of at least 4 members (excludes halogenated alkanes) is 10. The molecule has 4 heteroatoms. The van der Waals surface area contributed by atoms with Gasteiger partial charge in [0, 0.05) is 13.0 Å². The summed E-state index contributed by atoms with van der Waals surface area (Å²) in [5, 5.41) is 2.60. The van der Waals surface area contributed by atoms with E-state index in [1.54, 1.807) is 0 Å². The molecule has 0 saturated heterocycles. The summed E-state index contributed by atoms with van der Waals surface area (Å²) in [6.07, 6.45) is 17.0. The van der Waals surface area contributed by atoms with Crippen molar-refractivity contribution in [3.8, 4) is 0 Å². The molecule has 0 radical (unpaired) electrons. The zero-order chi connectivity index (χ0) is 23.7. The molecule has 2 aromatic rings. The Hall–Kier alpha value is -1.75. The largest absolute Gasteiger partial charge is 0.330 e. The molecule has 2 aromatic carbocycles. The maximum absolute atomic E-state index is 12.0. The normalized spacial score (nSPS) is 12.3. The monoisotopic (exact) mass is 453 g/mol. The van der Waals surface area contributed by atoms with Gasteiger partial charge in [-0.1, -0.05) is 94.2 Å². The smallest absolute Gasteiger partial charge is 0.149 e. The molecule has 0 aliphatic rings. The highest BCUT2D eigenvalue weighted by Crippen LogP contribution is 2.24. The van der Waals surface area contributed by atoms with Crippen molar-refractivity contribution in [1.82, 2.24) is 0 Å². The van der Waals surface area contributed by atoms with Gasteiger partial charge in [0.25, 0.3) is 0 Å². The van der Waals surface area contributed by atoms with Gasteiger partial charge in [-0.25, -0.2) is 0 Å². The van der Waals surface area contributed by atoms with Gasteiger partial charge in [0.05, 0.1) is 6.04 Å². The predicted molar refractivity (Wildman–Crippen MR) is 142 cm³/mol. The molecule has 0 aliphatic heterocycles. The average Bonchev–Trinajstić information content (AvgIpc) is 2.84. The van der Waals surface area contributed by atoms with Crippen LogP contribution in [0.3, 0.4) is 0 Å². The van der Waals surface area contributed by atoms with Crippen molar-refractivity contribution < 1.29 is 4.79 Å². The van der Waals surface area contributed by atoms with Crippen LogP contribution in [0.15, 0.2) is 36.4 Å². The summed E-state index contributed by atoms with van der Waals surface area (Å²) in [6, 6.07) is 12.8. The van der Waals surface area contributed by atoms with Crippen LogP contribution in [0.5, 0.6) is 0 Å². The number of aryl methyl sites for hydroxylation is 1. The molecule has 0 aromatic heterocycles. The fraction of sp³-hybridized carbons (Fsp3) is 0.621. The molecule has 6 N–H and O–H groups in total. The molecule has 184 valence electrons. The lowest BCUT2D eigenvalue weighted by Crippen LogP contribution is -2.30. The zero-order valence-electron chi connectivity index (χ0n) is 20.7. The van der Waals surface area contributed by atoms with Gasteiger partial charge in [-0.2, -0.15) is 0 Å². The first kappa shape index (κ1) is 27.5.